The molecule has 11 heavy (non-hydrogen) atoms. The van der Waals surface area contributed by atoms with E-state index < -0.39 is 0 Å². The molecule has 0 aromatic carbocycles. The van der Waals surface area contributed by atoms with E-state index in [0.29, 0.717) is 11.0 Å². The molecule has 0 aromatic heterocycles. The fourth-order valence-corrected chi connectivity index (χ4v) is 0.943. The number of allylic oxidation sites excluding steroid dienone is 2. The number of rotatable bonds is 1. The summed E-state index contributed by atoms with van der Waals surface area (Å²) in [6.45, 7) is 5.23. The lowest BCUT2D eigenvalue weighted by atomic mass is 10.5. The highest BCUT2D eigenvalue weighted by Gasteiger charge is 2.11. The van der Waals surface area contributed by atoms with Crippen LogP contribution in [0.15, 0.2) is 33.2 Å². The smallest absolute Gasteiger partial charge is 0.150 e. The minimum Gasteiger partial charge on any atom is -0.237 e. The molecular formula is C7H8ClN3. The van der Waals surface area contributed by atoms with Crippen molar-refractivity contribution in [2.45, 2.75) is 6.92 Å². The molecule has 0 saturated carbocycles. The fraction of sp³-hybridized carbons (Fsp3) is 0.143. The van der Waals surface area contributed by atoms with E-state index in [0.717, 1.165) is 0 Å². The van der Waals surface area contributed by atoms with Crippen molar-refractivity contribution in [2.24, 2.45) is 10.1 Å². The van der Waals surface area contributed by atoms with Crippen molar-refractivity contribution in [3.8, 4) is 0 Å². The van der Waals surface area contributed by atoms with E-state index >= 15 is 0 Å². The van der Waals surface area contributed by atoms with Gasteiger partial charge in [0.05, 0.1) is 0 Å². The zero-order valence-electron chi connectivity index (χ0n) is 6.16. The lowest BCUT2D eigenvalue weighted by Crippen LogP contribution is -2.14. The van der Waals surface area contributed by atoms with Crippen LogP contribution in [0.1, 0.15) is 6.92 Å². The van der Waals surface area contributed by atoms with E-state index in [9.17, 15) is 0 Å². The van der Waals surface area contributed by atoms with E-state index in [4.69, 9.17) is 11.6 Å². The quantitative estimate of drug-likeness (QED) is 0.436. The number of hydrogen-bond acceptors (Lipinski definition) is 3. The molecule has 58 valence electrons. The molecular weight excluding hydrogens is 162 g/mol. The summed E-state index contributed by atoms with van der Waals surface area (Å²) in [6, 6.07) is 0. The molecule has 0 N–H and O–H groups in total. The first-order valence-corrected chi connectivity index (χ1v) is 3.50. The van der Waals surface area contributed by atoms with E-state index in [1.165, 1.54) is 5.01 Å². The number of nitrogens with zero attached hydrogens (tertiary/aromatic N) is 3. The molecule has 0 spiro atoms. The molecule has 0 bridgehead atoms. The van der Waals surface area contributed by atoms with Crippen molar-refractivity contribution in [3.05, 3.63) is 23.1 Å². The van der Waals surface area contributed by atoms with E-state index in [1.807, 2.05) is 6.92 Å². The molecule has 0 radical (unpaired) electrons. The lowest BCUT2D eigenvalue weighted by molar-refractivity contribution is 0.479. The first-order chi connectivity index (χ1) is 5.29. The summed E-state index contributed by atoms with van der Waals surface area (Å²) in [5.74, 6) is 0.688. The largest absolute Gasteiger partial charge is 0.237 e. The summed E-state index contributed by atoms with van der Waals surface area (Å²) in [4.78, 5) is 4.02. The highest BCUT2D eigenvalue weighted by Crippen LogP contribution is 2.20. The molecule has 1 rings (SSSR count). The molecule has 0 amide bonds. The Bertz CT molecular complexity index is 252. The summed E-state index contributed by atoms with van der Waals surface area (Å²) in [5, 5.41) is 5.64. The minimum absolute atomic E-state index is 0.503. The number of aliphatic imine (C=N–C) groups is 1. The number of halogens is 1. The Hall–Kier alpha value is -1.09. The van der Waals surface area contributed by atoms with Crippen LogP contribution in [0.3, 0.4) is 0 Å². The second-order valence-electron chi connectivity index (χ2n) is 1.87. The van der Waals surface area contributed by atoms with Crippen LogP contribution in [0.25, 0.3) is 0 Å². The molecule has 0 fully saturated rings. The van der Waals surface area contributed by atoms with Crippen LogP contribution in [0, 0.1) is 0 Å². The van der Waals surface area contributed by atoms with Crippen molar-refractivity contribution in [2.75, 3.05) is 0 Å². The molecule has 4 heteroatoms. The summed E-state index contributed by atoms with van der Waals surface area (Å²) in [5.41, 5.74) is 0. The minimum atomic E-state index is 0.503. The average Bonchev–Trinajstić information content (AvgIpc) is 2.04. The molecule has 1 aliphatic heterocycles. The highest BCUT2D eigenvalue weighted by atomic mass is 35.5. The van der Waals surface area contributed by atoms with Gasteiger partial charge in [-0.05, 0) is 19.1 Å². The van der Waals surface area contributed by atoms with Crippen LogP contribution in [-0.4, -0.2) is 17.9 Å². The van der Waals surface area contributed by atoms with Gasteiger partial charge in [0, 0.05) is 12.9 Å². The monoisotopic (exact) mass is 169 g/mol. The van der Waals surface area contributed by atoms with Gasteiger partial charge >= 0.3 is 0 Å². The maximum atomic E-state index is 5.78. The Kier molecular flexibility index (Phi) is 2.44. The van der Waals surface area contributed by atoms with Crippen LogP contribution < -0.4 is 0 Å². The first kappa shape index (κ1) is 8.01. The van der Waals surface area contributed by atoms with Crippen molar-refractivity contribution in [1.29, 1.82) is 0 Å². The van der Waals surface area contributed by atoms with Crippen LogP contribution in [0.5, 0.6) is 0 Å². The van der Waals surface area contributed by atoms with Gasteiger partial charge in [-0.2, -0.15) is 5.10 Å². The highest BCUT2D eigenvalue weighted by molar-refractivity contribution is 6.30. The Morgan fingerprint density at radius 1 is 1.82 bits per heavy atom. The van der Waals surface area contributed by atoms with Gasteiger partial charge in [0.25, 0.3) is 0 Å². The molecule has 1 aliphatic rings. The van der Waals surface area contributed by atoms with Gasteiger partial charge in [-0.15, -0.1) is 0 Å². The van der Waals surface area contributed by atoms with Gasteiger partial charge in [0.15, 0.2) is 5.82 Å². The van der Waals surface area contributed by atoms with Crippen molar-refractivity contribution in [3.63, 3.8) is 0 Å². The second kappa shape index (κ2) is 3.34. The molecule has 0 unspecified atom stereocenters. The van der Waals surface area contributed by atoms with Gasteiger partial charge < -0.3 is 0 Å². The first-order valence-electron chi connectivity index (χ1n) is 3.12. The predicted octanol–water partition coefficient (Wildman–Crippen LogP) is 1.93. The molecule has 0 aromatic rings. The standard InChI is InChI=1S/C7H8ClN3/c1-3-7-10-5-4-6(8)11(7)9-2/h3-5H,2H2,1H3/b7-3-. The second-order valence-corrected chi connectivity index (χ2v) is 2.25. The number of hydrogen-bond donors (Lipinski definition) is 0. The van der Waals surface area contributed by atoms with Crippen LogP contribution in [0.2, 0.25) is 0 Å². The zero-order chi connectivity index (χ0) is 8.27. The van der Waals surface area contributed by atoms with Crippen LogP contribution in [-0.2, 0) is 0 Å². The Morgan fingerprint density at radius 2 is 2.55 bits per heavy atom. The third-order valence-electron chi connectivity index (χ3n) is 1.24. The van der Waals surface area contributed by atoms with Crippen molar-refractivity contribution < 1.29 is 0 Å². The third kappa shape index (κ3) is 1.49. The van der Waals surface area contributed by atoms with Gasteiger partial charge in [-0.3, -0.25) is 0 Å². The Morgan fingerprint density at radius 3 is 3.00 bits per heavy atom. The molecule has 0 aliphatic carbocycles. The van der Waals surface area contributed by atoms with Crippen LogP contribution >= 0.6 is 11.6 Å². The lowest BCUT2D eigenvalue weighted by Gasteiger charge is -2.18. The van der Waals surface area contributed by atoms with E-state index in [-0.39, 0.29) is 0 Å². The van der Waals surface area contributed by atoms with Gasteiger partial charge in [0.2, 0.25) is 0 Å². The fourth-order valence-electron chi connectivity index (χ4n) is 0.747. The van der Waals surface area contributed by atoms with E-state index in [2.05, 4.69) is 16.8 Å². The van der Waals surface area contributed by atoms with Gasteiger partial charge in [-0.25, -0.2) is 10.0 Å². The summed E-state index contributed by atoms with van der Waals surface area (Å²) in [7, 11) is 0. The van der Waals surface area contributed by atoms with Gasteiger partial charge in [-0.1, -0.05) is 11.6 Å². The molecule has 0 atom stereocenters. The SMILES string of the molecule is C=NN1C(Cl)=CC=N/C1=C/C. The van der Waals surface area contributed by atoms with Crippen molar-refractivity contribution >= 4 is 24.5 Å². The Balaban J connectivity index is 2.97. The third-order valence-corrected chi connectivity index (χ3v) is 1.52. The normalized spacial score (nSPS) is 20.4. The molecule has 3 nitrogen and oxygen atoms in total. The number of hydrazone groups is 1. The topological polar surface area (TPSA) is 28.0 Å². The van der Waals surface area contributed by atoms with E-state index in [1.54, 1.807) is 18.4 Å². The molecule has 0 saturated heterocycles. The molecule has 1 heterocycles. The maximum absolute atomic E-state index is 5.78. The zero-order valence-corrected chi connectivity index (χ0v) is 6.91. The van der Waals surface area contributed by atoms with Crippen LogP contribution in [0.4, 0.5) is 0 Å². The summed E-state index contributed by atoms with van der Waals surface area (Å²) < 4.78 is 0. The Labute approximate surface area is 70.4 Å². The average molecular weight is 170 g/mol. The van der Waals surface area contributed by atoms with Crippen molar-refractivity contribution in [1.82, 2.24) is 5.01 Å². The predicted molar refractivity (Wildman–Crippen MR) is 47.6 cm³/mol. The van der Waals surface area contributed by atoms with Gasteiger partial charge in [0.1, 0.15) is 5.16 Å². The summed E-state index contributed by atoms with van der Waals surface area (Å²) in [6.07, 6.45) is 5.09. The maximum Gasteiger partial charge on any atom is 0.150 e. The summed E-state index contributed by atoms with van der Waals surface area (Å²) >= 11 is 5.78.